The Hall–Kier alpha value is -4.29. The number of rotatable bonds is 17. The summed E-state index contributed by atoms with van der Waals surface area (Å²) < 4.78 is 0. The van der Waals surface area contributed by atoms with Gasteiger partial charge in [-0.1, -0.05) is 74.5 Å². The minimum Gasteiger partial charge on any atom is -0.343 e. The molecule has 4 atom stereocenters. The van der Waals surface area contributed by atoms with Crippen LogP contribution in [0, 0.1) is 11.3 Å². The summed E-state index contributed by atoms with van der Waals surface area (Å²) in [4.78, 5) is 70.3. The van der Waals surface area contributed by atoms with Gasteiger partial charge in [-0.05, 0) is 62.1 Å². The van der Waals surface area contributed by atoms with E-state index in [4.69, 9.17) is 11.5 Å². The lowest BCUT2D eigenvalue weighted by Crippen LogP contribution is -2.64. The van der Waals surface area contributed by atoms with Crippen LogP contribution < -0.4 is 27.4 Å². The summed E-state index contributed by atoms with van der Waals surface area (Å²) in [6, 6.07) is 15.2. The highest BCUT2D eigenvalue weighted by atomic mass is 16.2. The zero-order valence-electron chi connectivity index (χ0n) is 29.7. The Morgan fingerprint density at radius 2 is 1.28 bits per heavy atom. The molecule has 2 fully saturated rings. The number of carbonyl (C=O) groups is 5. The predicted octanol–water partition coefficient (Wildman–Crippen LogP) is 1.51. The van der Waals surface area contributed by atoms with E-state index in [1.165, 1.54) is 0 Å². The van der Waals surface area contributed by atoms with Crippen LogP contribution in [0.25, 0.3) is 0 Å². The number of carbonyl (C=O) groups excluding carboxylic acids is 5. The summed E-state index contributed by atoms with van der Waals surface area (Å²) >= 11 is 0. The number of benzene rings is 2. The van der Waals surface area contributed by atoms with E-state index in [9.17, 15) is 24.0 Å². The second-order valence-electron chi connectivity index (χ2n) is 14.5. The number of hydrogen-bond acceptors (Lipinski definition) is 7. The van der Waals surface area contributed by atoms with Gasteiger partial charge in [0, 0.05) is 44.9 Å². The Morgan fingerprint density at radius 3 is 1.84 bits per heavy atom. The van der Waals surface area contributed by atoms with Gasteiger partial charge in [-0.3, -0.25) is 24.0 Å². The van der Waals surface area contributed by atoms with Crippen LogP contribution in [0.15, 0.2) is 60.7 Å². The van der Waals surface area contributed by atoms with Gasteiger partial charge in [0.25, 0.3) is 0 Å². The maximum absolute atomic E-state index is 13.9. The minimum absolute atomic E-state index is 0.0393. The molecule has 1 spiro atoms. The van der Waals surface area contributed by atoms with E-state index in [1.807, 2.05) is 79.4 Å². The van der Waals surface area contributed by atoms with Gasteiger partial charge in [0.05, 0.1) is 6.04 Å². The molecule has 7 N–H and O–H groups in total. The third kappa shape index (κ3) is 10.9. The lowest BCUT2D eigenvalue weighted by Gasteiger charge is -2.49. The average molecular weight is 690 g/mol. The summed E-state index contributed by atoms with van der Waals surface area (Å²) in [6.07, 6.45) is 3.45. The van der Waals surface area contributed by atoms with E-state index in [1.54, 1.807) is 11.8 Å². The zero-order valence-corrected chi connectivity index (χ0v) is 29.7. The average Bonchev–Trinajstić information content (AvgIpc) is 3.54. The third-order valence-corrected chi connectivity index (χ3v) is 9.70. The van der Waals surface area contributed by atoms with E-state index in [-0.39, 0.29) is 29.6 Å². The van der Waals surface area contributed by atoms with Gasteiger partial charge in [0.1, 0.15) is 18.1 Å². The summed E-state index contributed by atoms with van der Waals surface area (Å²) in [5, 5.41) is 8.69. The number of nitrogens with two attached hydrogens (primary N) is 2. The van der Waals surface area contributed by atoms with Gasteiger partial charge in [-0.2, -0.15) is 0 Å². The van der Waals surface area contributed by atoms with Gasteiger partial charge in [0.15, 0.2) is 0 Å². The maximum atomic E-state index is 13.9. The molecule has 2 saturated heterocycles. The molecule has 2 heterocycles. The topological polar surface area (TPSA) is 180 Å². The van der Waals surface area contributed by atoms with Crippen LogP contribution in [0.2, 0.25) is 0 Å². The summed E-state index contributed by atoms with van der Waals surface area (Å²) in [6.45, 7) is 8.34. The second-order valence-corrected chi connectivity index (χ2v) is 14.5. The van der Waals surface area contributed by atoms with Crippen molar-refractivity contribution < 1.29 is 24.0 Å². The highest BCUT2D eigenvalue weighted by Gasteiger charge is 2.50. The molecular weight excluding hydrogens is 634 g/mol. The molecule has 2 aromatic carbocycles. The molecule has 2 aromatic rings. The number of amides is 5. The molecular formula is C38H55N7O5. The second kappa shape index (κ2) is 18.1. The van der Waals surface area contributed by atoms with E-state index in [0.29, 0.717) is 64.8 Å². The highest BCUT2D eigenvalue weighted by Crippen LogP contribution is 2.40. The van der Waals surface area contributed by atoms with E-state index < -0.39 is 41.9 Å². The molecule has 1 unspecified atom stereocenters. The van der Waals surface area contributed by atoms with Gasteiger partial charge in [0.2, 0.25) is 29.5 Å². The van der Waals surface area contributed by atoms with Crippen molar-refractivity contribution in [2.45, 2.75) is 89.9 Å². The molecule has 50 heavy (non-hydrogen) atoms. The van der Waals surface area contributed by atoms with Crippen molar-refractivity contribution in [2.75, 3.05) is 32.7 Å². The number of likely N-dealkylation sites (tertiary alicyclic amines) is 2. The van der Waals surface area contributed by atoms with Crippen LogP contribution in [0.5, 0.6) is 0 Å². The molecule has 0 radical (unpaired) electrons. The fourth-order valence-corrected chi connectivity index (χ4v) is 6.90. The van der Waals surface area contributed by atoms with Crippen molar-refractivity contribution in [1.29, 1.82) is 0 Å². The number of nitrogens with one attached hydrogen (secondary N) is 3. The van der Waals surface area contributed by atoms with E-state index in [2.05, 4.69) is 16.0 Å². The smallest absolute Gasteiger partial charge is 0.245 e. The van der Waals surface area contributed by atoms with Crippen LogP contribution in [0.4, 0.5) is 0 Å². The van der Waals surface area contributed by atoms with Crippen LogP contribution in [-0.4, -0.2) is 96.2 Å². The Kier molecular flexibility index (Phi) is 13.9. The first-order chi connectivity index (χ1) is 23.9. The van der Waals surface area contributed by atoms with Crippen molar-refractivity contribution in [3.63, 3.8) is 0 Å². The van der Waals surface area contributed by atoms with Crippen LogP contribution in [0.1, 0.15) is 64.0 Å². The molecule has 0 aliphatic carbocycles. The molecule has 2 aliphatic rings. The molecule has 272 valence electrons. The first kappa shape index (κ1) is 38.5. The summed E-state index contributed by atoms with van der Waals surface area (Å²) in [7, 11) is 0. The highest BCUT2D eigenvalue weighted by molar-refractivity contribution is 5.95. The Labute approximate surface area is 296 Å². The minimum atomic E-state index is -0.991. The summed E-state index contributed by atoms with van der Waals surface area (Å²) in [5.74, 6) is -1.53. The van der Waals surface area contributed by atoms with Gasteiger partial charge in [-0.15, -0.1) is 0 Å². The SMILES string of the molecule is CC(=O)N1CCC2(C1)CN(C(=O)[C@@H](CCCCN)NC(=O)C(CC(C)C)NC(=O)[C@@H](Cc1ccccc1)NC(=O)[C@H](N)Cc1ccccc1)C2. The first-order valence-electron chi connectivity index (χ1n) is 17.9. The Morgan fingerprint density at radius 1 is 0.740 bits per heavy atom. The molecule has 4 rings (SSSR count). The van der Waals surface area contributed by atoms with Crippen molar-refractivity contribution >= 4 is 29.5 Å². The van der Waals surface area contributed by atoms with Crippen LogP contribution >= 0.6 is 0 Å². The molecule has 0 bridgehead atoms. The van der Waals surface area contributed by atoms with Crippen molar-refractivity contribution in [3.05, 3.63) is 71.8 Å². The standard InChI is InChI=1S/C38H55N7O5/c1-26(2)20-32(35(48)41-31(16-10-11-18-39)37(50)45-24-38(25-45)17-19-44(23-38)27(3)46)43-36(49)33(22-29-14-8-5-9-15-29)42-34(47)30(40)21-28-12-6-4-7-13-28/h4-9,12-15,26,30-33H,10-11,16-25,39-40H2,1-3H3,(H,41,48)(H,42,47)(H,43,49)/t30-,31-,32?,33-/m1/s1. The quantitative estimate of drug-likeness (QED) is 0.156. The van der Waals surface area contributed by atoms with Crippen molar-refractivity contribution in [1.82, 2.24) is 25.8 Å². The fourth-order valence-electron chi connectivity index (χ4n) is 6.90. The van der Waals surface area contributed by atoms with Crippen molar-refractivity contribution in [3.8, 4) is 0 Å². The monoisotopic (exact) mass is 689 g/mol. The summed E-state index contributed by atoms with van der Waals surface area (Å²) in [5.41, 5.74) is 13.6. The molecule has 2 aliphatic heterocycles. The van der Waals surface area contributed by atoms with E-state index in [0.717, 1.165) is 17.5 Å². The Balaban J connectivity index is 1.45. The number of nitrogens with zero attached hydrogens (tertiary/aromatic N) is 2. The molecule has 0 aromatic heterocycles. The van der Waals surface area contributed by atoms with Crippen LogP contribution in [-0.2, 0) is 36.8 Å². The molecule has 0 saturated carbocycles. The number of hydrogen-bond donors (Lipinski definition) is 5. The molecule has 12 heteroatoms. The van der Waals surface area contributed by atoms with Gasteiger partial charge < -0.3 is 37.2 Å². The predicted molar refractivity (Wildman–Crippen MR) is 192 cm³/mol. The van der Waals surface area contributed by atoms with Gasteiger partial charge >= 0.3 is 0 Å². The largest absolute Gasteiger partial charge is 0.343 e. The van der Waals surface area contributed by atoms with E-state index >= 15 is 0 Å². The van der Waals surface area contributed by atoms with Crippen molar-refractivity contribution in [2.24, 2.45) is 22.8 Å². The third-order valence-electron chi connectivity index (χ3n) is 9.70. The fraction of sp³-hybridized carbons (Fsp3) is 0.553. The van der Waals surface area contributed by atoms with Crippen LogP contribution in [0.3, 0.4) is 0 Å². The zero-order chi connectivity index (χ0) is 36.3. The Bertz CT molecular complexity index is 1450. The lowest BCUT2D eigenvalue weighted by atomic mass is 9.78. The first-order valence-corrected chi connectivity index (χ1v) is 17.9. The lowest BCUT2D eigenvalue weighted by molar-refractivity contribution is -0.147. The van der Waals surface area contributed by atoms with Gasteiger partial charge in [-0.25, -0.2) is 0 Å². The maximum Gasteiger partial charge on any atom is 0.245 e. The molecule has 5 amide bonds. The molecule has 12 nitrogen and oxygen atoms in total. The number of unbranched alkanes of at least 4 members (excludes halogenated alkanes) is 1. The normalized spacial score (nSPS) is 17.4.